The van der Waals surface area contributed by atoms with Crippen LogP contribution in [0, 0.1) is 5.92 Å². The standard InChI is InChI=1S/C9H18BrN/c1-3-9(4-2)8-11-7-5-6-10/h8-9H,3-7H2,1-2H3. The summed E-state index contributed by atoms with van der Waals surface area (Å²) >= 11 is 3.38. The van der Waals surface area contributed by atoms with Crippen LogP contribution < -0.4 is 0 Å². The Morgan fingerprint density at radius 1 is 1.36 bits per heavy atom. The van der Waals surface area contributed by atoms with Gasteiger partial charge in [-0.2, -0.15) is 0 Å². The summed E-state index contributed by atoms with van der Waals surface area (Å²) in [6, 6.07) is 0. The van der Waals surface area contributed by atoms with Crippen molar-refractivity contribution in [3.63, 3.8) is 0 Å². The Morgan fingerprint density at radius 3 is 2.45 bits per heavy atom. The molecule has 0 rings (SSSR count). The summed E-state index contributed by atoms with van der Waals surface area (Å²) < 4.78 is 0. The van der Waals surface area contributed by atoms with E-state index in [1.807, 2.05) is 0 Å². The highest BCUT2D eigenvalue weighted by molar-refractivity contribution is 9.09. The number of rotatable bonds is 6. The Morgan fingerprint density at radius 2 is 2.00 bits per heavy atom. The lowest BCUT2D eigenvalue weighted by atomic mass is 10.1. The van der Waals surface area contributed by atoms with Gasteiger partial charge in [0.2, 0.25) is 0 Å². The molecule has 0 aliphatic rings. The molecule has 0 atom stereocenters. The minimum Gasteiger partial charge on any atom is -0.297 e. The molecule has 0 amide bonds. The molecule has 0 saturated heterocycles. The lowest BCUT2D eigenvalue weighted by Crippen LogP contribution is -1.98. The maximum atomic E-state index is 4.35. The molecule has 0 aliphatic heterocycles. The predicted molar refractivity (Wildman–Crippen MR) is 55.8 cm³/mol. The van der Waals surface area contributed by atoms with E-state index in [1.54, 1.807) is 0 Å². The Labute approximate surface area is 78.4 Å². The van der Waals surface area contributed by atoms with E-state index in [1.165, 1.54) is 12.8 Å². The SMILES string of the molecule is CCC(C=NCCCBr)CC. The number of nitrogens with zero attached hydrogens (tertiary/aromatic N) is 1. The molecule has 66 valence electrons. The van der Waals surface area contributed by atoms with E-state index >= 15 is 0 Å². The highest BCUT2D eigenvalue weighted by atomic mass is 79.9. The normalized spacial score (nSPS) is 11.6. The van der Waals surface area contributed by atoms with E-state index in [2.05, 4.69) is 41.0 Å². The Balaban J connectivity index is 3.36. The second-order valence-corrected chi connectivity index (χ2v) is 3.47. The average Bonchev–Trinajstić information content (AvgIpc) is 2.05. The fourth-order valence-electron chi connectivity index (χ4n) is 0.874. The number of alkyl halides is 1. The molecule has 0 aromatic carbocycles. The first kappa shape index (κ1) is 11.2. The molecule has 0 spiro atoms. The second kappa shape index (κ2) is 8.25. The maximum Gasteiger partial charge on any atom is 0.0393 e. The molecule has 2 heteroatoms. The summed E-state index contributed by atoms with van der Waals surface area (Å²) in [6.45, 7) is 5.40. The van der Waals surface area contributed by atoms with E-state index in [0.29, 0.717) is 5.92 Å². The van der Waals surface area contributed by atoms with Crippen molar-refractivity contribution in [2.45, 2.75) is 33.1 Å². The Kier molecular flexibility index (Phi) is 8.36. The Bertz CT molecular complexity index is 97.7. The van der Waals surface area contributed by atoms with Crippen molar-refractivity contribution in [2.75, 3.05) is 11.9 Å². The topological polar surface area (TPSA) is 12.4 Å². The quantitative estimate of drug-likeness (QED) is 0.370. The van der Waals surface area contributed by atoms with Crippen molar-refractivity contribution in [1.29, 1.82) is 0 Å². The smallest absolute Gasteiger partial charge is 0.0393 e. The zero-order chi connectivity index (χ0) is 8.53. The molecule has 0 N–H and O–H groups in total. The van der Waals surface area contributed by atoms with Crippen molar-refractivity contribution in [2.24, 2.45) is 10.9 Å². The first-order valence-electron chi connectivity index (χ1n) is 4.41. The molecule has 0 aliphatic carbocycles. The van der Waals surface area contributed by atoms with Crippen molar-refractivity contribution in [3.05, 3.63) is 0 Å². The number of hydrogen-bond donors (Lipinski definition) is 0. The van der Waals surface area contributed by atoms with Gasteiger partial charge in [0.25, 0.3) is 0 Å². The van der Waals surface area contributed by atoms with Crippen LogP contribution in [0.25, 0.3) is 0 Å². The minimum absolute atomic E-state index is 0.699. The van der Waals surface area contributed by atoms with Crippen LogP contribution in [0.15, 0.2) is 4.99 Å². The third-order valence-electron chi connectivity index (χ3n) is 1.79. The van der Waals surface area contributed by atoms with Crippen LogP contribution in [0.3, 0.4) is 0 Å². The molecule has 11 heavy (non-hydrogen) atoms. The first-order valence-corrected chi connectivity index (χ1v) is 5.53. The van der Waals surface area contributed by atoms with Gasteiger partial charge in [-0.15, -0.1) is 0 Å². The fourth-order valence-corrected chi connectivity index (χ4v) is 1.12. The lowest BCUT2D eigenvalue weighted by molar-refractivity contribution is 0.652. The highest BCUT2D eigenvalue weighted by Gasteiger charge is 1.96. The van der Waals surface area contributed by atoms with Gasteiger partial charge in [-0.1, -0.05) is 29.8 Å². The summed E-state index contributed by atoms with van der Waals surface area (Å²) in [7, 11) is 0. The van der Waals surface area contributed by atoms with E-state index in [0.717, 1.165) is 18.3 Å². The third-order valence-corrected chi connectivity index (χ3v) is 2.35. The fraction of sp³-hybridized carbons (Fsp3) is 0.889. The highest BCUT2D eigenvalue weighted by Crippen LogP contribution is 2.03. The molecule has 1 nitrogen and oxygen atoms in total. The molecule has 0 unspecified atom stereocenters. The monoisotopic (exact) mass is 219 g/mol. The van der Waals surface area contributed by atoms with Crippen LogP contribution in [0.5, 0.6) is 0 Å². The average molecular weight is 220 g/mol. The van der Waals surface area contributed by atoms with Crippen molar-refractivity contribution < 1.29 is 0 Å². The molecule has 0 heterocycles. The van der Waals surface area contributed by atoms with Gasteiger partial charge in [-0.3, -0.25) is 4.99 Å². The van der Waals surface area contributed by atoms with Crippen LogP contribution in [-0.4, -0.2) is 18.1 Å². The molecular formula is C9H18BrN. The van der Waals surface area contributed by atoms with Crippen LogP contribution in [0.2, 0.25) is 0 Å². The molecule has 0 fully saturated rings. The zero-order valence-electron chi connectivity index (χ0n) is 7.52. The molecule has 0 radical (unpaired) electrons. The first-order chi connectivity index (χ1) is 5.35. The van der Waals surface area contributed by atoms with E-state index in [9.17, 15) is 0 Å². The minimum atomic E-state index is 0.699. The second-order valence-electron chi connectivity index (χ2n) is 2.67. The van der Waals surface area contributed by atoms with Gasteiger partial charge >= 0.3 is 0 Å². The van der Waals surface area contributed by atoms with E-state index in [4.69, 9.17) is 0 Å². The van der Waals surface area contributed by atoms with Crippen LogP contribution >= 0.6 is 15.9 Å². The maximum absolute atomic E-state index is 4.35. The summed E-state index contributed by atoms with van der Waals surface area (Å²) in [5.74, 6) is 0.699. The molecule has 0 saturated carbocycles. The van der Waals surface area contributed by atoms with Crippen molar-refractivity contribution in [1.82, 2.24) is 0 Å². The van der Waals surface area contributed by atoms with Crippen LogP contribution in [0.4, 0.5) is 0 Å². The largest absolute Gasteiger partial charge is 0.297 e. The molecule has 0 aromatic rings. The van der Waals surface area contributed by atoms with Crippen molar-refractivity contribution >= 4 is 22.1 Å². The zero-order valence-corrected chi connectivity index (χ0v) is 9.10. The molecule has 0 aromatic heterocycles. The molecular weight excluding hydrogens is 202 g/mol. The van der Waals surface area contributed by atoms with Gasteiger partial charge in [-0.25, -0.2) is 0 Å². The van der Waals surface area contributed by atoms with Gasteiger partial charge in [-0.05, 0) is 25.2 Å². The summed E-state index contributed by atoms with van der Waals surface area (Å²) in [5, 5.41) is 1.06. The summed E-state index contributed by atoms with van der Waals surface area (Å²) in [5.41, 5.74) is 0. The number of aliphatic imine (C=N–C) groups is 1. The summed E-state index contributed by atoms with van der Waals surface area (Å²) in [4.78, 5) is 4.35. The summed E-state index contributed by atoms with van der Waals surface area (Å²) in [6.07, 6.45) is 5.70. The molecule has 0 bridgehead atoms. The van der Waals surface area contributed by atoms with Crippen molar-refractivity contribution in [3.8, 4) is 0 Å². The predicted octanol–water partition coefficient (Wildman–Crippen LogP) is 3.28. The number of hydrogen-bond acceptors (Lipinski definition) is 1. The Hall–Kier alpha value is 0.150. The van der Waals surface area contributed by atoms with E-state index < -0.39 is 0 Å². The van der Waals surface area contributed by atoms with Gasteiger partial charge < -0.3 is 0 Å². The van der Waals surface area contributed by atoms with Gasteiger partial charge in [0.1, 0.15) is 0 Å². The van der Waals surface area contributed by atoms with E-state index in [-0.39, 0.29) is 0 Å². The van der Waals surface area contributed by atoms with Gasteiger partial charge in [0, 0.05) is 18.1 Å². The lowest BCUT2D eigenvalue weighted by Gasteiger charge is -2.03. The van der Waals surface area contributed by atoms with Gasteiger partial charge in [0.15, 0.2) is 0 Å². The van der Waals surface area contributed by atoms with Gasteiger partial charge in [0.05, 0.1) is 0 Å². The number of halogens is 1. The van der Waals surface area contributed by atoms with Crippen LogP contribution in [0.1, 0.15) is 33.1 Å². The van der Waals surface area contributed by atoms with Crippen LogP contribution in [-0.2, 0) is 0 Å². The third kappa shape index (κ3) is 6.54.